The molecular formula is C33H50O4. The van der Waals surface area contributed by atoms with Gasteiger partial charge < -0.3 is 9.47 Å². The highest BCUT2D eigenvalue weighted by Gasteiger charge is 2.19. The van der Waals surface area contributed by atoms with Gasteiger partial charge in [0.05, 0.1) is 0 Å². The molecule has 1 heterocycles. The topological polar surface area (TPSA) is 52.6 Å². The van der Waals surface area contributed by atoms with Gasteiger partial charge in [-0.1, -0.05) is 98.9 Å². The molecule has 0 radical (unpaired) electrons. The normalized spacial score (nSPS) is 22.1. The van der Waals surface area contributed by atoms with Gasteiger partial charge in [-0.2, -0.15) is 0 Å². The fourth-order valence-corrected chi connectivity index (χ4v) is 4.05. The number of hydrogen-bond donors (Lipinski definition) is 0. The average Bonchev–Trinajstić information content (AvgIpc) is 2.83. The molecule has 4 heteroatoms. The third-order valence-corrected chi connectivity index (χ3v) is 6.34. The van der Waals surface area contributed by atoms with Crippen molar-refractivity contribution in [2.45, 2.75) is 118 Å². The molecule has 0 aromatic carbocycles. The molecule has 206 valence electrons. The first-order valence-electron chi connectivity index (χ1n) is 14.1. The molecule has 4 nitrogen and oxygen atoms in total. The molecule has 0 N–H and O–H groups in total. The lowest BCUT2D eigenvalue weighted by Crippen LogP contribution is -2.24. The number of cyclic esters (lactones) is 1. The van der Waals surface area contributed by atoms with E-state index in [9.17, 15) is 9.59 Å². The van der Waals surface area contributed by atoms with E-state index in [4.69, 9.17) is 9.47 Å². The molecule has 0 aromatic rings. The average molecular weight is 511 g/mol. The van der Waals surface area contributed by atoms with E-state index in [0.29, 0.717) is 19.3 Å². The van der Waals surface area contributed by atoms with E-state index in [1.807, 2.05) is 19.9 Å². The number of ether oxygens (including phenoxy) is 2. The minimum Gasteiger partial charge on any atom is -0.462 e. The fraction of sp³-hybridized carbons (Fsp3) is 0.576. The van der Waals surface area contributed by atoms with Gasteiger partial charge in [-0.3, -0.25) is 4.79 Å². The second kappa shape index (κ2) is 19.5. The minimum atomic E-state index is -0.346. The lowest BCUT2D eigenvalue weighted by Gasteiger charge is -2.21. The van der Waals surface area contributed by atoms with Crippen LogP contribution in [-0.4, -0.2) is 24.1 Å². The number of allylic oxidation sites excluding steroid dienone is 10. The SMILES string of the molecule is CCCCC/C=C(C)/C=C/C=C(C)/C=C(C)/C=C/C(=O)OC1CC/C=C/CC(C(C)C)OC(=O)CCC1. The van der Waals surface area contributed by atoms with Crippen molar-refractivity contribution >= 4 is 11.9 Å². The van der Waals surface area contributed by atoms with Crippen molar-refractivity contribution in [1.29, 1.82) is 0 Å². The summed E-state index contributed by atoms with van der Waals surface area (Å²) in [5.41, 5.74) is 3.38. The first-order valence-corrected chi connectivity index (χ1v) is 14.1. The van der Waals surface area contributed by atoms with Gasteiger partial charge in [0.2, 0.25) is 0 Å². The molecule has 0 amide bonds. The van der Waals surface area contributed by atoms with Crippen LogP contribution in [0.2, 0.25) is 0 Å². The van der Waals surface area contributed by atoms with E-state index in [0.717, 1.165) is 36.8 Å². The molecule has 0 fully saturated rings. The Morgan fingerprint density at radius 3 is 2.57 bits per heavy atom. The Hall–Kier alpha value is -2.62. The van der Waals surface area contributed by atoms with Crippen LogP contribution in [0.5, 0.6) is 0 Å². The van der Waals surface area contributed by atoms with E-state index in [2.05, 4.69) is 64.2 Å². The van der Waals surface area contributed by atoms with Gasteiger partial charge in [-0.25, -0.2) is 4.79 Å². The van der Waals surface area contributed by atoms with Crippen molar-refractivity contribution in [2.24, 2.45) is 5.92 Å². The zero-order chi connectivity index (χ0) is 27.5. The maximum Gasteiger partial charge on any atom is 0.331 e. The number of rotatable bonds is 11. The molecule has 0 aromatic heterocycles. The van der Waals surface area contributed by atoms with E-state index in [1.165, 1.54) is 30.9 Å². The molecule has 0 saturated heterocycles. The van der Waals surface area contributed by atoms with Crippen molar-refractivity contribution in [3.8, 4) is 0 Å². The Morgan fingerprint density at radius 1 is 1.05 bits per heavy atom. The molecule has 0 saturated carbocycles. The van der Waals surface area contributed by atoms with E-state index in [1.54, 1.807) is 6.08 Å². The Bertz CT molecular complexity index is 867. The van der Waals surface area contributed by atoms with E-state index < -0.39 is 0 Å². The van der Waals surface area contributed by atoms with Crippen LogP contribution in [0.1, 0.15) is 106 Å². The zero-order valence-electron chi connectivity index (χ0n) is 24.1. The standard InChI is InChI=1S/C33H50O4/c1-7-8-9-11-16-27(4)17-14-18-28(5)25-29(6)23-24-33(35)36-30-19-12-10-13-21-31(26(2)3)37-32(34)22-15-20-30/h10,13-14,16-18,23-26,30-31H,7-9,11-12,15,19-22H2,1-6H3/b13-10+,17-14+,24-23+,27-16+,28-18+,29-25+. The van der Waals surface area contributed by atoms with Crippen LogP contribution in [0, 0.1) is 5.92 Å². The quantitative estimate of drug-likeness (QED) is 0.0915. The Labute approximate surface area is 226 Å². The van der Waals surface area contributed by atoms with Crippen molar-refractivity contribution in [3.05, 3.63) is 71.4 Å². The highest BCUT2D eigenvalue weighted by Crippen LogP contribution is 2.18. The summed E-state index contributed by atoms with van der Waals surface area (Å²) in [6.07, 6.45) is 26.7. The van der Waals surface area contributed by atoms with E-state index >= 15 is 0 Å². The second-order valence-corrected chi connectivity index (χ2v) is 10.4. The summed E-state index contributed by atoms with van der Waals surface area (Å²) in [6.45, 7) is 12.5. The number of carbonyl (C=O) groups excluding carboxylic acids is 2. The van der Waals surface area contributed by atoms with Gasteiger partial charge in [0.25, 0.3) is 0 Å². The second-order valence-electron chi connectivity index (χ2n) is 10.4. The lowest BCUT2D eigenvalue weighted by atomic mass is 10.0. The lowest BCUT2D eigenvalue weighted by molar-refractivity contribution is -0.151. The smallest absolute Gasteiger partial charge is 0.331 e. The zero-order valence-corrected chi connectivity index (χ0v) is 24.1. The van der Waals surface area contributed by atoms with Gasteiger partial charge in [0.15, 0.2) is 0 Å². The largest absolute Gasteiger partial charge is 0.462 e. The first kappa shape index (κ1) is 32.4. The molecule has 2 unspecified atom stereocenters. The minimum absolute atomic E-state index is 0.0750. The fourth-order valence-electron chi connectivity index (χ4n) is 4.05. The predicted octanol–water partition coefficient (Wildman–Crippen LogP) is 8.91. The molecule has 0 spiro atoms. The summed E-state index contributed by atoms with van der Waals surface area (Å²) < 4.78 is 11.3. The number of unbranched alkanes of at least 4 members (excludes halogenated alkanes) is 3. The molecule has 0 aliphatic carbocycles. The van der Waals surface area contributed by atoms with E-state index in [-0.39, 0.29) is 30.1 Å². The Balaban J connectivity index is 2.60. The van der Waals surface area contributed by atoms with Crippen molar-refractivity contribution in [1.82, 2.24) is 0 Å². The molecule has 37 heavy (non-hydrogen) atoms. The maximum atomic E-state index is 12.5. The molecule has 1 aliphatic heterocycles. The number of esters is 2. The molecular weight excluding hydrogens is 460 g/mol. The van der Waals surface area contributed by atoms with Crippen LogP contribution in [0.15, 0.2) is 71.4 Å². The molecule has 1 rings (SSSR count). The third-order valence-electron chi connectivity index (χ3n) is 6.34. The summed E-state index contributed by atoms with van der Waals surface area (Å²) in [7, 11) is 0. The summed E-state index contributed by atoms with van der Waals surface area (Å²) in [6, 6.07) is 0. The summed E-state index contributed by atoms with van der Waals surface area (Å²) in [5.74, 6) is -0.229. The van der Waals surface area contributed by atoms with Crippen LogP contribution in [0.3, 0.4) is 0 Å². The van der Waals surface area contributed by atoms with Gasteiger partial charge >= 0.3 is 11.9 Å². The molecule has 2 atom stereocenters. The van der Waals surface area contributed by atoms with Crippen molar-refractivity contribution in [3.63, 3.8) is 0 Å². The number of hydrogen-bond acceptors (Lipinski definition) is 4. The summed E-state index contributed by atoms with van der Waals surface area (Å²) in [4.78, 5) is 24.6. The van der Waals surface area contributed by atoms with Gasteiger partial charge in [-0.15, -0.1) is 0 Å². The highest BCUT2D eigenvalue weighted by molar-refractivity contribution is 5.82. The van der Waals surface area contributed by atoms with Crippen LogP contribution in [0.25, 0.3) is 0 Å². The van der Waals surface area contributed by atoms with Crippen molar-refractivity contribution in [2.75, 3.05) is 0 Å². The van der Waals surface area contributed by atoms with Crippen LogP contribution in [0.4, 0.5) is 0 Å². The van der Waals surface area contributed by atoms with Crippen LogP contribution >= 0.6 is 0 Å². The van der Waals surface area contributed by atoms with Crippen LogP contribution in [-0.2, 0) is 19.1 Å². The summed E-state index contributed by atoms with van der Waals surface area (Å²) in [5, 5.41) is 0. The first-order chi connectivity index (χ1) is 17.7. The predicted molar refractivity (Wildman–Crippen MR) is 155 cm³/mol. The van der Waals surface area contributed by atoms with Gasteiger partial charge in [0.1, 0.15) is 12.2 Å². The molecule has 1 aliphatic rings. The number of carbonyl (C=O) groups is 2. The summed E-state index contributed by atoms with van der Waals surface area (Å²) >= 11 is 0. The monoisotopic (exact) mass is 510 g/mol. The molecule has 0 bridgehead atoms. The maximum absolute atomic E-state index is 12.5. The Kier molecular flexibility index (Phi) is 17.1. The van der Waals surface area contributed by atoms with Gasteiger partial charge in [0, 0.05) is 18.9 Å². The van der Waals surface area contributed by atoms with Gasteiger partial charge in [-0.05, 0) is 65.2 Å². The highest BCUT2D eigenvalue weighted by atomic mass is 16.5. The third kappa shape index (κ3) is 16.7. The van der Waals surface area contributed by atoms with Crippen LogP contribution < -0.4 is 0 Å². The Morgan fingerprint density at radius 2 is 1.84 bits per heavy atom. The van der Waals surface area contributed by atoms with Crippen molar-refractivity contribution < 1.29 is 19.1 Å².